The standard InChI is InChI=1S/C18H29BrN2O2/c1-17(2,3)21(16(22)23-18(4,5)6)11-10-20-13-14-8-7-9-15(19)12-14/h7-9,12,20H,10-11,13H2,1-6H3. The lowest BCUT2D eigenvalue weighted by molar-refractivity contribution is 0.00663. The van der Waals surface area contributed by atoms with Crippen LogP contribution in [0.25, 0.3) is 0 Å². The van der Waals surface area contributed by atoms with E-state index in [1.807, 2.05) is 53.7 Å². The molecule has 0 unspecified atom stereocenters. The number of carbonyl (C=O) groups excluding carboxylic acids is 1. The fraction of sp³-hybridized carbons (Fsp3) is 0.611. The minimum atomic E-state index is -0.482. The van der Waals surface area contributed by atoms with Gasteiger partial charge in [0.05, 0.1) is 0 Å². The molecule has 0 atom stereocenters. The fourth-order valence-corrected chi connectivity index (χ4v) is 2.53. The second-order valence-corrected chi connectivity index (χ2v) is 8.53. The van der Waals surface area contributed by atoms with Crippen molar-refractivity contribution in [1.29, 1.82) is 0 Å². The van der Waals surface area contributed by atoms with Crippen molar-refractivity contribution in [2.75, 3.05) is 13.1 Å². The first-order valence-electron chi connectivity index (χ1n) is 7.95. The van der Waals surface area contributed by atoms with E-state index >= 15 is 0 Å². The van der Waals surface area contributed by atoms with Gasteiger partial charge in [0.2, 0.25) is 0 Å². The highest BCUT2D eigenvalue weighted by atomic mass is 79.9. The van der Waals surface area contributed by atoms with E-state index in [2.05, 4.69) is 33.4 Å². The quantitative estimate of drug-likeness (QED) is 0.755. The predicted octanol–water partition coefficient (Wildman–Crippen LogP) is 4.57. The molecule has 1 aromatic rings. The van der Waals surface area contributed by atoms with Crippen LogP contribution >= 0.6 is 15.9 Å². The Morgan fingerprint density at radius 1 is 1.22 bits per heavy atom. The molecule has 23 heavy (non-hydrogen) atoms. The van der Waals surface area contributed by atoms with Crippen molar-refractivity contribution in [2.45, 2.75) is 59.2 Å². The zero-order chi connectivity index (χ0) is 17.7. The van der Waals surface area contributed by atoms with Crippen LogP contribution in [-0.2, 0) is 11.3 Å². The molecule has 130 valence electrons. The topological polar surface area (TPSA) is 41.6 Å². The molecular weight excluding hydrogens is 356 g/mol. The Hall–Kier alpha value is -1.07. The number of ether oxygens (including phenoxy) is 1. The van der Waals surface area contributed by atoms with Gasteiger partial charge in [0, 0.05) is 29.6 Å². The van der Waals surface area contributed by atoms with Gasteiger partial charge >= 0.3 is 6.09 Å². The molecule has 4 nitrogen and oxygen atoms in total. The maximum atomic E-state index is 12.4. The van der Waals surface area contributed by atoms with E-state index < -0.39 is 5.60 Å². The van der Waals surface area contributed by atoms with Crippen LogP contribution in [-0.4, -0.2) is 35.2 Å². The number of rotatable bonds is 5. The van der Waals surface area contributed by atoms with Crippen molar-refractivity contribution in [2.24, 2.45) is 0 Å². The summed E-state index contributed by atoms with van der Waals surface area (Å²) in [7, 11) is 0. The molecule has 1 rings (SSSR count). The van der Waals surface area contributed by atoms with E-state index in [9.17, 15) is 4.79 Å². The smallest absolute Gasteiger partial charge is 0.410 e. The molecule has 1 N–H and O–H groups in total. The summed E-state index contributed by atoms with van der Waals surface area (Å²) >= 11 is 3.47. The number of nitrogens with zero attached hydrogens (tertiary/aromatic N) is 1. The summed E-state index contributed by atoms with van der Waals surface area (Å²) in [5.74, 6) is 0. The highest BCUT2D eigenvalue weighted by Gasteiger charge is 2.30. The van der Waals surface area contributed by atoms with Gasteiger partial charge in [-0.2, -0.15) is 0 Å². The Bertz CT molecular complexity index is 518. The van der Waals surface area contributed by atoms with Gasteiger partial charge in [-0.05, 0) is 59.2 Å². The Morgan fingerprint density at radius 3 is 2.39 bits per heavy atom. The zero-order valence-electron chi connectivity index (χ0n) is 15.1. The molecule has 0 fully saturated rings. The number of hydrogen-bond donors (Lipinski definition) is 1. The number of benzene rings is 1. The minimum absolute atomic E-state index is 0.269. The van der Waals surface area contributed by atoms with Crippen LogP contribution in [0, 0.1) is 0 Å². The van der Waals surface area contributed by atoms with Crippen LogP contribution in [0.5, 0.6) is 0 Å². The third-order valence-electron chi connectivity index (χ3n) is 3.15. The largest absolute Gasteiger partial charge is 0.444 e. The molecule has 0 saturated heterocycles. The maximum Gasteiger partial charge on any atom is 0.410 e. The van der Waals surface area contributed by atoms with E-state index in [4.69, 9.17) is 4.74 Å². The summed E-state index contributed by atoms with van der Waals surface area (Å²) in [6.45, 7) is 13.8. The number of halogens is 1. The van der Waals surface area contributed by atoms with E-state index in [1.54, 1.807) is 4.90 Å². The van der Waals surface area contributed by atoms with Gasteiger partial charge in [0.15, 0.2) is 0 Å². The van der Waals surface area contributed by atoms with E-state index in [0.717, 1.165) is 11.0 Å². The molecule has 1 aromatic carbocycles. The Morgan fingerprint density at radius 2 is 1.87 bits per heavy atom. The van der Waals surface area contributed by atoms with Crippen molar-refractivity contribution >= 4 is 22.0 Å². The molecule has 0 aliphatic heterocycles. The van der Waals surface area contributed by atoms with Gasteiger partial charge in [-0.1, -0.05) is 28.1 Å². The molecular formula is C18H29BrN2O2. The molecule has 1 amide bonds. The lowest BCUT2D eigenvalue weighted by Gasteiger charge is -2.36. The number of nitrogens with one attached hydrogen (secondary N) is 1. The van der Waals surface area contributed by atoms with Crippen molar-refractivity contribution in [3.05, 3.63) is 34.3 Å². The molecule has 0 aliphatic carbocycles. The van der Waals surface area contributed by atoms with Gasteiger partial charge < -0.3 is 15.0 Å². The second-order valence-electron chi connectivity index (χ2n) is 7.61. The van der Waals surface area contributed by atoms with Crippen molar-refractivity contribution in [3.8, 4) is 0 Å². The summed E-state index contributed by atoms with van der Waals surface area (Å²) in [5.41, 5.74) is 0.448. The van der Waals surface area contributed by atoms with Gasteiger partial charge in [-0.15, -0.1) is 0 Å². The van der Waals surface area contributed by atoms with Crippen LogP contribution in [0.2, 0.25) is 0 Å². The van der Waals surface area contributed by atoms with Crippen molar-refractivity contribution in [3.63, 3.8) is 0 Å². The van der Waals surface area contributed by atoms with E-state index in [0.29, 0.717) is 13.1 Å². The first kappa shape index (κ1) is 20.0. The van der Waals surface area contributed by atoms with Crippen LogP contribution in [0.4, 0.5) is 4.79 Å². The number of hydrogen-bond acceptors (Lipinski definition) is 3. The Balaban J connectivity index is 2.54. The second kappa shape index (κ2) is 8.15. The monoisotopic (exact) mass is 384 g/mol. The van der Waals surface area contributed by atoms with Crippen molar-refractivity contribution < 1.29 is 9.53 Å². The third kappa shape index (κ3) is 7.84. The highest BCUT2D eigenvalue weighted by Crippen LogP contribution is 2.18. The lowest BCUT2D eigenvalue weighted by Crippen LogP contribution is -2.50. The first-order chi connectivity index (χ1) is 10.5. The first-order valence-corrected chi connectivity index (χ1v) is 8.74. The van der Waals surface area contributed by atoms with Gasteiger partial charge in [-0.25, -0.2) is 4.79 Å². The lowest BCUT2D eigenvalue weighted by atomic mass is 10.1. The Labute approximate surface area is 148 Å². The summed E-state index contributed by atoms with van der Waals surface area (Å²) in [6.07, 6.45) is -0.269. The molecule has 0 spiro atoms. The molecule has 0 saturated carbocycles. The van der Waals surface area contributed by atoms with Gasteiger partial charge in [0.25, 0.3) is 0 Å². The summed E-state index contributed by atoms with van der Waals surface area (Å²) in [5, 5.41) is 3.38. The predicted molar refractivity (Wildman–Crippen MR) is 98.5 cm³/mol. The van der Waals surface area contributed by atoms with Crippen LogP contribution in [0.1, 0.15) is 47.1 Å². The van der Waals surface area contributed by atoms with Crippen LogP contribution < -0.4 is 5.32 Å². The average Bonchev–Trinajstić information content (AvgIpc) is 2.34. The minimum Gasteiger partial charge on any atom is -0.444 e. The molecule has 0 aromatic heterocycles. The molecule has 0 radical (unpaired) electrons. The normalized spacial score (nSPS) is 12.1. The summed E-state index contributed by atoms with van der Waals surface area (Å²) in [4.78, 5) is 14.2. The van der Waals surface area contributed by atoms with Crippen molar-refractivity contribution in [1.82, 2.24) is 10.2 Å². The molecule has 5 heteroatoms. The third-order valence-corrected chi connectivity index (χ3v) is 3.65. The SMILES string of the molecule is CC(C)(C)OC(=O)N(CCNCc1cccc(Br)c1)C(C)(C)C. The molecule has 0 bridgehead atoms. The van der Waals surface area contributed by atoms with E-state index in [1.165, 1.54) is 5.56 Å². The Kier molecular flexibility index (Phi) is 7.08. The van der Waals surface area contributed by atoms with Gasteiger partial charge in [0.1, 0.15) is 5.60 Å². The molecule has 0 heterocycles. The summed E-state index contributed by atoms with van der Waals surface area (Å²) in [6, 6.07) is 8.19. The highest BCUT2D eigenvalue weighted by molar-refractivity contribution is 9.10. The van der Waals surface area contributed by atoms with Gasteiger partial charge in [-0.3, -0.25) is 0 Å². The van der Waals surface area contributed by atoms with Crippen LogP contribution in [0.15, 0.2) is 28.7 Å². The van der Waals surface area contributed by atoms with Crippen LogP contribution in [0.3, 0.4) is 0 Å². The average molecular weight is 385 g/mol. The molecule has 0 aliphatic rings. The number of amides is 1. The maximum absolute atomic E-state index is 12.4. The zero-order valence-corrected chi connectivity index (χ0v) is 16.7. The number of carbonyl (C=O) groups is 1. The summed E-state index contributed by atoms with van der Waals surface area (Å²) < 4.78 is 6.58. The fourth-order valence-electron chi connectivity index (χ4n) is 2.09. The van der Waals surface area contributed by atoms with E-state index in [-0.39, 0.29) is 11.6 Å².